The van der Waals surface area contributed by atoms with Crippen LogP contribution in [0.1, 0.15) is 13.3 Å². The number of rotatable bonds is 5. The summed E-state index contributed by atoms with van der Waals surface area (Å²) < 4.78 is 46.9. The van der Waals surface area contributed by atoms with Crippen molar-refractivity contribution in [1.82, 2.24) is 9.55 Å². The van der Waals surface area contributed by atoms with E-state index in [-0.39, 0.29) is 12.3 Å². The largest absolute Gasteiger partial charge is 0.573 e. The third-order valence-electron chi connectivity index (χ3n) is 3.67. The van der Waals surface area contributed by atoms with E-state index >= 15 is 0 Å². The summed E-state index contributed by atoms with van der Waals surface area (Å²) in [6, 6.07) is 8.41. The van der Waals surface area contributed by atoms with Gasteiger partial charge in [-0.2, -0.15) is 0 Å². The zero-order valence-electron chi connectivity index (χ0n) is 13.7. The van der Waals surface area contributed by atoms with Crippen LogP contribution < -0.4 is 10.5 Å². The lowest BCUT2D eigenvalue weighted by atomic mass is 10.1. The first-order valence-electron chi connectivity index (χ1n) is 7.77. The molecule has 0 fully saturated rings. The Bertz CT molecular complexity index is 959. The normalized spacial score (nSPS) is 13.1. The summed E-state index contributed by atoms with van der Waals surface area (Å²) in [6.07, 6.45) is -4.99. The highest BCUT2D eigenvalue weighted by molar-refractivity contribution is 5.73. The van der Waals surface area contributed by atoms with Gasteiger partial charge in [0.2, 0.25) is 0 Å². The molecule has 0 aliphatic rings. The van der Waals surface area contributed by atoms with Crippen molar-refractivity contribution in [2.24, 2.45) is 0 Å². The molecule has 1 atom stereocenters. The van der Waals surface area contributed by atoms with Gasteiger partial charge in [0.05, 0.1) is 11.8 Å². The van der Waals surface area contributed by atoms with Crippen LogP contribution in [0.2, 0.25) is 0 Å². The fraction of sp³-hybridized carbons (Fsp3) is 0.294. The highest BCUT2D eigenvalue weighted by Crippen LogP contribution is 2.26. The van der Waals surface area contributed by atoms with E-state index in [4.69, 9.17) is 4.42 Å². The molecule has 0 radical (unpaired) electrons. The third-order valence-corrected chi connectivity index (χ3v) is 3.67. The molecule has 0 amide bonds. The maximum atomic E-state index is 12.2. The van der Waals surface area contributed by atoms with E-state index in [2.05, 4.69) is 9.72 Å². The number of pyridine rings is 1. The zero-order chi connectivity index (χ0) is 18.9. The van der Waals surface area contributed by atoms with E-state index in [9.17, 15) is 23.1 Å². The predicted molar refractivity (Wildman–Crippen MR) is 86.7 cm³/mol. The first-order chi connectivity index (χ1) is 12.2. The first-order valence-corrected chi connectivity index (χ1v) is 7.77. The minimum absolute atomic E-state index is 0.234. The molecule has 3 aromatic rings. The van der Waals surface area contributed by atoms with Gasteiger partial charge >= 0.3 is 12.1 Å². The second-order valence-electron chi connectivity index (χ2n) is 5.75. The number of aliphatic hydroxyl groups is 1. The summed E-state index contributed by atoms with van der Waals surface area (Å²) in [5, 5.41) is 9.40. The van der Waals surface area contributed by atoms with Crippen molar-refractivity contribution < 1.29 is 27.4 Å². The predicted octanol–water partition coefficient (Wildman–Crippen LogP) is 3.33. The van der Waals surface area contributed by atoms with Gasteiger partial charge in [-0.3, -0.25) is 4.57 Å². The molecule has 0 saturated heterocycles. The smallest absolute Gasteiger partial charge is 0.406 e. The Morgan fingerprint density at radius 1 is 1.23 bits per heavy atom. The van der Waals surface area contributed by atoms with Crippen molar-refractivity contribution in [3.63, 3.8) is 0 Å². The number of halogens is 3. The number of hydrogen-bond acceptors (Lipinski definition) is 5. The number of alkyl halides is 3. The molecule has 2 aromatic heterocycles. The molecule has 1 N–H and O–H groups in total. The monoisotopic (exact) mass is 368 g/mol. The quantitative estimate of drug-likeness (QED) is 0.748. The lowest BCUT2D eigenvalue weighted by Gasteiger charge is -2.09. The van der Waals surface area contributed by atoms with E-state index in [1.54, 1.807) is 19.1 Å². The molecule has 138 valence electrons. The summed E-state index contributed by atoms with van der Waals surface area (Å²) in [5.41, 5.74) is 1.62. The van der Waals surface area contributed by atoms with Gasteiger partial charge in [-0.05, 0) is 49.7 Å². The number of aryl methyl sites for hydroxylation is 1. The van der Waals surface area contributed by atoms with E-state index in [1.807, 2.05) is 0 Å². The number of oxazole rings is 1. The fourth-order valence-corrected chi connectivity index (χ4v) is 2.45. The maximum Gasteiger partial charge on any atom is 0.573 e. The Balaban J connectivity index is 1.93. The highest BCUT2D eigenvalue weighted by Gasteiger charge is 2.31. The summed E-state index contributed by atoms with van der Waals surface area (Å²) in [7, 11) is 0. The Hall–Kier alpha value is -2.81. The van der Waals surface area contributed by atoms with E-state index in [0.29, 0.717) is 28.9 Å². The van der Waals surface area contributed by atoms with E-state index in [1.165, 1.54) is 28.8 Å². The van der Waals surface area contributed by atoms with Crippen molar-refractivity contribution in [3.8, 4) is 17.0 Å². The summed E-state index contributed by atoms with van der Waals surface area (Å²) in [5.74, 6) is -0.918. The zero-order valence-corrected chi connectivity index (χ0v) is 13.7. The van der Waals surface area contributed by atoms with Crippen LogP contribution in [-0.2, 0) is 6.54 Å². The van der Waals surface area contributed by atoms with Crippen LogP contribution >= 0.6 is 0 Å². The van der Waals surface area contributed by atoms with Crippen LogP contribution in [0.4, 0.5) is 13.2 Å². The van der Waals surface area contributed by atoms with Crippen molar-refractivity contribution in [2.75, 3.05) is 0 Å². The van der Waals surface area contributed by atoms with Gasteiger partial charge in [0, 0.05) is 12.1 Å². The van der Waals surface area contributed by atoms with Crippen LogP contribution in [0.3, 0.4) is 0 Å². The average molecular weight is 368 g/mol. The number of aliphatic hydroxyl groups excluding tert-OH is 1. The molecule has 2 heterocycles. The molecule has 3 rings (SSSR count). The van der Waals surface area contributed by atoms with Crippen molar-refractivity contribution in [1.29, 1.82) is 0 Å². The lowest BCUT2D eigenvalue weighted by Crippen LogP contribution is -2.17. The second kappa shape index (κ2) is 6.83. The van der Waals surface area contributed by atoms with Crippen molar-refractivity contribution in [2.45, 2.75) is 32.4 Å². The molecule has 0 bridgehead atoms. The number of benzene rings is 1. The van der Waals surface area contributed by atoms with Crippen molar-refractivity contribution in [3.05, 3.63) is 46.9 Å². The first kappa shape index (κ1) is 18.0. The number of ether oxygens (including phenoxy) is 1. The number of nitrogens with zero attached hydrogens (tertiary/aromatic N) is 2. The molecule has 26 heavy (non-hydrogen) atoms. The Labute approximate surface area is 145 Å². The number of aromatic nitrogens is 2. The topological polar surface area (TPSA) is 77.5 Å². The number of fused-ring (bicyclic) bond motifs is 1. The second-order valence-corrected chi connectivity index (χ2v) is 5.75. The molecule has 1 aromatic carbocycles. The standard InChI is InChI=1S/C17H15F3N2O4/c1-10(23)8-9-22-15-14(25-16(22)24)7-6-13(21-15)11-2-4-12(5-3-11)26-17(18,19)20/h2-7,10,23H,8-9H2,1H3. The average Bonchev–Trinajstić information content (AvgIpc) is 2.86. The molecule has 6 nitrogen and oxygen atoms in total. The summed E-state index contributed by atoms with van der Waals surface area (Å²) in [4.78, 5) is 16.3. The number of hydrogen-bond donors (Lipinski definition) is 1. The molecule has 0 aliphatic carbocycles. The van der Waals surface area contributed by atoms with Crippen LogP contribution in [0.25, 0.3) is 22.5 Å². The van der Waals surface area contributed by atoms with E-state index in [0.717, 1.165) is 0 Å². The molecule has 1 unspecified atom stereocenters. The molecule has 0 spiro atoms. The molecule has 0 aliphatic heterocycles. The van der Waals surface area contributed by atoms with Gasteiger partial charge in [0.25, 0.3) is 0 Å². The van der Waals surface area contributed by atoms with E-state index < -0.39 is 18.2 Å². The Morgan fingerprint density at radius 2 is 1.92 bits per heavy atom. The van der Waals surface area contributed by atoms with Crippen molar-refractivity contribution >= 4 is 11.2 Å². The maximum absolute atomic E-state index is 12.2. The minimum Gasteiger partial charge on any atom is -0.406 e. The fourth-order valence-electron chi connectivity index (χ4n) is 2.45. The lowest BCUT2D eigenvalue weighted by molar-refractivity contribution is -0.274. The SMILES string of the molecule is CC(O)CCn1c(=O)oc2ccc(-c3ccc(OC(F)(F)F)cc3)nc21. The summed E-state index contributed by atoms with van der Waals surface area (Å²) >= 11 is 0. The highest BCUT2D eigenvalue weighted by atomic mass is 19.4. The van der Waals surface area contributed by atoms with Gasteiger partial charge in [-0.15, -0.1) is 13.2 Å². The van der Waals surface area contributed by atoms with Gasteiger partial charge in [-0.1, -0.05) is 0 Å². The minimum atomic E-state index is -4.75. The van der Waals surface area contributed by atoms with Crippen LogP contribution in [0.15, 0.2) is 45.6 Å². The summed E-state index contributed by atoms with van der Waals surface area (Å²) in [6.45, 7) is 1.84. The van der Waals surface area contributed by atoms with Gasteiger partial charge < -0.3 is 14.3 Å². The van der Waals surface area contributed by atoms with Crippen LogP contribution in [0, 0.1) is 0 Å². The van der Waals surface area contributed by atoms with Gasteiger partial charge in [-0.25, -0.2) is 9.78 Å². The molecule has 9 heteroatoms. The Morgan fingerprint density at radius 3 is 2.54 bits per heavy atom. The van der Waals surface area contributed by atoms with Crippen LogP contribution in [-0.4, -0.2) is 27.1 Å². The molecule has 0 saturated carbocycles. The Kier molecular flexibility index (Phi) is 4.73. The van der Waals surface area contributed by atoms with Gasteiger partial charge in [0.15, 0.2) is 11.2 Å². The molecular weight excluding hydrogens is 353 g/mol. The molecular formula is C17H15F3N2O4. The van der Waals surface area contributed by atoms with Gasteiger partial charge in [0.1, 0.15) is 5.75 Å². The third kappa shape index (κ3) is 4.05. The van der Waals surface area contributed by atoms with Crippen LogP contribution in [0.5, 0.6) is 5.75 Å².